The second-order valence-electron chi connectivity index (χ2n) is 25.7. The molecule has 3 heterocycles. The second kappa shape index (κ2) is 58.2. The third kappa shape index (κ3) is 38.6. The number of carbonyl (C=O) groups excluding carboxylic acids is 1. The van der Waals surface area contributed by atoms with Gasteiger partial charge in [-0.2, -0.15) is 0 Å². The Hall–Kier alpha value is -4.33. The van der Waals surface area contributed by atoms with Crippen LogP contribution >= 0.6 is 0 Å². The third-order valence-electron chi connectivity index (χ3n) is 17.4. The molecule has 0 spiro atoms. The number of aliphatic hydroxyl groups excluding tert-OH is 11. The van der Waals surface area contributed by atoms with Crippen LogP contribution in [0.3, 0.4) is 0 Å². The molecule has 3 rings (SSSR count). The van der Waals surface area contributed by atoms with E-state index in [4.69, 9.17) is 28.4 Å². The molecule has 19 heteroatoms. The van der Waals surface area contributed by atoms with Gasteiger partial charge in [0.05, 0.1) is 38.6 Å². The van der Waals surface area contributed by atoms with Gasteiger partial charge in [-0.3, -0.25) is 4.79 Å². The first-order valence-electron chi connectivity index (χ1n) is 37.1. The highest BCUT2D eigenvalue weighted by atomic mass is 16.8. The Labute approximate surface area is 587 Å². The van der Waals surface area contributed by atoms with Gasteiger partial charge < -0.3 is 89.9 Å². The van der Waals surface area contributed by atoms with Crippen LogP contribution in [-0.4, -0.2) is 193 Å². The van der Waals surface area contributed by atoms with Crippen LogP contribution in [0.25, 0.3) is 0 Å². The van der Waals surface area contributed by atoms with Crippen LogP contribution in [0.1, 0.15) is 213 Å². The van der Waals surface area contributed by atoms with E-state index < -0.39 is 124 Å². The third-order valence-corrected chi connectivity index (χ3v) is 17.4. The molecule has 1 amide bonds. The molecule has 12 N–H and O–H groups in total. The van der Waals surface area contributed by atoms with E-state index in [9.17, 15) is 61.0 Å². The molecule has 0 radical (unpaired) electrons. The molecule has 3 fully saturated rings. The first-order valence-corrected chi connectivity index (χ1v) is 37.1. The van der Waals surface area contributed by atoms with Crippen molar-refractivity contribution in [3.8, 4) is 0 Å². The minimum Gasteiger partial charge on any atom is -0.394 e. The summed E-state index contributed by atoms with van der Waals surface area (Å²) in [6.45, 7) is 1.63. The van der Waals surface area contributed by atoms with Crippen LogP contribution in [0.5, 0.6) is 0 Å². The van der Waals surface area contributed by atoms with E-state index in [2.05, 4.69) is 165 Å². The fraction of sp³-hybridized carbons (Fsp3) is 0.684. The fourth-order valence-corrected chi connectivity index (χ4v) is 11.5. The zero-order valence-electron chi connectivity index (χ0n) is 59.2. The molecule has 17 atom stereocenters. The lowest BCUT2D eigenvalue weighted by Crippen LogP contribution is -2.66. The Morgan fingerprint density at radius 3 is 1.10 bits per heavy atom. The SMILES string of the molecule is CC/C=C\C/C=C\C/C=C\C/C=C\C/C=C\C/C=C\C/C=C\C/C=C\C/C=C\C/C=C\C/C=C\C/C=C\CCCCCCC(=O)NC(COC1OC(CO)C(OC2OC(CO)C(OC3OC(CO)C(O)C(O)C3O)C(O)C2O)C(O)C1O)C(O)CCCCCCCCCCCCCC. The van der Waals surface area contributed by atoms with E-state index >= 15 is 0 Å². The molecule has 3 aliphatic rings. The Bertz CT molecular complexity index is 2340. The molecular formula is C79H129NO18. The number of ether oxygens (including phenoxy) is 6. The number of carbonyl (C=O) groups is 1. The zero-order chi connectivity index (χ0) is 71.1. The van der Waals surface area contributed by atoms with Crippen LogP contribution in [0, 0.1) is 0 Å². The lowest BCUT2D eigenvalue weighted by molar-refractivity contribution is -0.379. The van der Waals surface area contributed by atoms with Gasteiger partial charge in [-0.1, -0.05) is 250 Å². The smallest absolute Gasteiger partial charge is 0.220 e. The minimum absolute atomic E-state index is 0.227. The number of amides is 1. The van der Waals surface area contributed by atoms with Crippen molar-refractivity contribution in [1.29, 1.82) is 0 Å². The van der Waals surface area contributed by atoms with Crippen molar-refractivity contribution >= 4 is 5.91 Å². The molecule has 98 heavy (non-hydrogen) atoms. The van der Waals surface area contributed by atoms with Gasteiger partial charge in [-0.05, 0) is 103 Å². The van der Waals surface area contributed by atoms with Crippen molar-refractivity contribution in [3.63, 3.8) is 0 Å². The molecule has 0 aliphatic carbocycles. The maximum atomic E-state index is 13.4. The number of hydrogen-bond donors (Lipinski definition) is 12. The monoisotopic (exact) mass is 1380 g/mol. The molecule has 0 aromatic carbocycles. The quantitative estimate of drug-likeness (QED) is 0.0199. The van der Waals surface area contributed by atoms with E-state index in [0.717, 1.165) is 122 Å². The van der Waals surface area contributed by atoms with Crippen LogP contribution in [-0.2, 0) is 33.2 Å². The summed E-state index contributed by atoms with van der Waals surface area (Å²) >= 11 is 0. The Balaban J connectivity index is 1.34. The average Bonchev–Trinajstić information content (AvgIpc) is 0.785. The largest absolute Gasteiger partial charge is 0.394 e. The maximum Gasteiger partial charge on any atom is 0.220 e. The molecular weight excluding hydrogens is 1250 g/mol. The van der Waals surface area contributed by atoms with E-state index in [1.54, 1.807) is 0 Å². The van der Waals surface area contributed by atoms with Gasteiger partial charge in [0, 0.05) is 6.42 Å². The first-order chi connectivity index (χ1) is 47.8. The summed E-state index contributed by atoms with van der Waals surface area (Å²) in [5, 5.41) is 121. The van der Waals surface area contributed by atoms with Gasteiger partial charge in [0.2, 0.25) is 5.91 Å². The van der Waals surface area contributed by atoms with Crippen molar-refractivity contribution < 1.29 is 89.4 Å². The van der Waals surface area contributed by atoms with Crippen molar-refractivity contribution in [1.82, 2.24) is 5.32 Å². The van der Waals surface area contributed by atoms with E-state index in [0.29, 0.717) is 19.3 Å². The van der Waals surface area contributed by atoms with Gasteiger partial charge in [0.1, 0.15) is 73.2 Å². The Kier molecular flexibility index (Phi) is 52.2. The Morgan fingerprint density at radius 1 is 0.378 bits per heavy atom. The summed E-state index contributed by atoms with van der Waals surface area (Å²) in [5.74, 6) is -0.274. The first kappa shape index (κ1) is 87.9. The summed E-state index contributed by atoms with van der Waals surface area (Å²) < 4.78 is 34.4. The summed E-state index contributed by atoms with van der Waals surface area (Å²) in [5.41, 5.74) is 0. The number of aliphatic hydroxyl groups is 11. The molecule has 3 saturated heterocycles. The molecule has 3 aliphatic heterocycles. The van der Waals surface area contributed by atoms with E-state index in [-0.39, 0.29) is 18.9 Å². The topological polar surface area (TPSA) is 307 Å². The number of allylic oxidation sites excluding steroid dienone is 24. The summed E-state index contributed by atoms with van der Waals surface area (Å²) in [7, 11) is 0. The molecule has 19 nitrogen and oxygen atoms in total. The fourth-order valence-electron chi connectivity index (χ4n) is 11.5. The number of nitrogens with one attached hydrogen (secondary N) is 1. The van der Waals surface area contributed by atoms with Gasteiger partial charge >= 0.3 is 0 Å². The normalized spacial score (nSPS) is 27.6. The standard InChI is InChI=1S/C79H129NO18/c1-3-5-7-9-11-13-15-17-18-19-20-21-22-23-24-25-26-27-28-29-30-31-32-33-34-35-36-37-38-39-40-41-42-43-44-45-47-49-51-53-55-57-67(85)80-62(63(84)56-54-52-50-48-46-16-14-12-10-8-6-4-2)61-93-77-73(91)70(88)75(65(59-82)95-77)98-79-74(92)71(89)76(66(60-83)96-79)97-78-72(90)69(87)68(86)64(58-81)94-78/h5,7,11,13,17-18,20-21,23-24,26-27,29-30,32-33,35-36,38-39,41-42,44-45,62-66,68-79,81-84,86-92H,3-4,6,8-10,12,14-16,19,22,25,28,31,34,37,40,43,46-61H2,1-2H3,(H,80,85)/b7-5-,13-11-,18-17-,21-20-,24-23-,27-26-,30-29-,33-32-,36-35-,39-38-,42-41-,45-44-. The summed E-state index contributed by atoms with van der Waals surface area (Å²) in [6, 6.07) is -0.911. The van der Waals surface area contributed by atoms with E-state index in [1.807, 2.05) is 0 Å². The summed E-state index contributed by atoms with van der Waals surface area (Å²) in [4.78, 5) is 13.4. The number of rotatable bonds is 55. The second-order valence-corrected chi connectivity index (χ2v) is 25.7. The molecule has 0 saturated carbocycles. The molecule has 0 aromatic heterocycles. The van der Waals surface area contributed by atoms with Gasteiger partial charge in [0.25, 0.3) is 0 Å². The molecule has 0 bridgehead atoms. The summed E-state index contributed by atoms with van der Waals surface area (Å²) in [6.07, 6.45) is 56.6. The van der Waals surface area contributed by atoms with Crippen molar-refractivity contribution in [3.05, 3.63) is 146 Å². The lowest BCUT2D eigenvalue weighted by Gasteiger charge is -2.48. The maximum absolute atomic E-state index is 13.4. The van der Waals surface area contributed by atoms with Crippen LogP contribution in [0.15, 0.2) is 146 Å². The van der Waals surface area contributed by atoms with Crippen LogP contribution in [0.4, 0.5) is 0 Å². The zero-order valence-corrected chi connectivity index (χ0v) is 59.2. The highest BCUT2D eigenvalue weighted by Crippen LogP contribution is 2.33. The lowest BCUT2D eigenvalue weighted by atomic mass is 9.96. The molecule has 0 aromatic rings. The van der Waals surface area contributed by atoms with Crippen LogP contribution < -0.4 is 5.32 Å². The van der Waals surface area contributed by atoms with Gasteiger partial charge in [-0.15, -0.1) is 0 Å². The highest BCUT2D eigenvalue weighted by molar-refractivity contribution is 5.76. The highest BCUT2D eigenvalue weighted by Gasteiger charge is 2.53. The predicted molar refractivity (Wildman–Crippen MR) is 387 cm³/mol. The van der Waals surface area contributed by atoms with Crippen molar-refractivity contribution in [2.24, 2.45) is 0 Å². The van der Waals surface area contributed by atoms with Crippen molar-refractivity contribution in [2.75, 3.05) is 26.4 Å². The van der Waals surface area contributed by atoms with Crippen LogP contribution in [0.2, 0.25) is 0 Å². The molecule has 17 unspecified atom stereocenters. The molecule has 558 valence electrons. The minimum atomic E-state index is -1.98. The predicted octanol–water partition coefficient (Wildman–Crippen LogP) is 11.1. The number of hydrogen-bond acceptors (Lipinski definition) is 18. The van der Waals surface area contributed by atoms with Crippen molar-refractivity contribution in [2.45, 2.75) is 317 Å². The van der Waals surface area contributed by atoms with E-state index in [1.165, 1.54) is 51.4 Å². The average molecular weight is 1380 g/mol. The van der Waals surface area contributed by atoms with Gasteiger partial charge in [-0.25, -0.2) is 0 Å². The Morgan fingerprint density at radius 2 is 0.704 bits per heavy atom. The number of unbranched alkanes of at least 4 members (excludes halogenated alkanes) is 15. The van der Waals surface area contributed by atoms with Gasteiger partial charge in [0.15, 0.2) is 18.9 Å².